The maximum atomic E-state index is 12.9. The fourth-order valence-electron chi connectivity index (χ4n) is 4.39. The lowest BCUT2D eigenvalue weighted by Gasteiger charge is -2.32. The number of anilines is 1. The minimum absolute atomic E-state index is 0.112. The molecule has 4 aromatic rings. The molecule has 3 aromatic carbocycles. The summed E-state index contributed by atoms with van der Waals surface area (Å²) in [6.07, 6.45) is 2.53. The summed E-state index contributed by atoms with van der Waals surface area (Å²) in [5.41, 5.74) is 4.19. The van der Waals surface area contributed by atoms with Gasteiger partial charge in [0, 0.05) is 43.7 Å². The molecule has 170 valence electrons. The van der Waals surface area contributed by atoms with Gasteiger partial charge in [0.1, 0.15) is 0 Å². The third kappa shape index (κ3) is 4.54. The van der Waals surface area contributed by atoms with Gasteiger partial charge in [0.25, 0.3) is 5.91 Å². The zero-order chi connectivity index (χ0) is 23.5. The zero-order valence-corrected chi connectivity index (χ0v) is 19.2. The van der Waals surface area contributed by atoms with Crippen molar-refractivity contribution in [1.82, 2.24) is 20.0 Å². The summed E-state index contributed by atoms with van der Waals surface area (Å²) >= 11 is 0. The Balaban J connectivity index is 1.26. The molecule has 7 heteroatoms. The maximum Gasteiger partial charge on any atom is 0.253 e. The minimum Gasteiger partial charge on any atom is -0.383 e. The standard InChI is InChI=1S/C27H26N6O/c1-32-10-12-33(13-11-32)27(34)23-6-5-21-14-19(2-4-22(21)16-23)8-9-29-26-18-30-31-25-7-3-20(17-28)15-24(25)26/h2-7,14-16,18H,8-13H2,1H3,(H,29,31). The van der Waals surface area contributed by atoms with Gasteiger partial charge < -0.3 is 15.1 Å². The Bertz CT molecular complexity index is 1400. The Morgan fingerprint density at radius 3 is 2.65 bits per heavy atom. The summed E-state index contributed by atoms with van der Waals surface area (Å²) in [6.45, 7) is 4.12. The van der Waals surface area contributed by atoms with Crippen molar-refractivity contribution in [2.45, 2.75) is 6.42 Å². The van der Waals surface area contributed by atoms with E-state index in [0.717, 1.165) is 72.1 Å². The molecule has 1 aliphatic rings. The highest BCUT2D eigenvalue weighted by Crippen LogP contribution is 2.23. The molecule has 1 saturated heterocycles. The number of hydrogen-bond acceptors (Lipinski definition) is 6. The van der Waals surface area contributed by atoms with E-state index >= 15 is 0 Å². The van der Waals surface area contributed by atoms with Crippen LogP contribution >= 0.6 is 0 Å². The predicted octanol–water partition coefficient (Wildman–Crippen LogP) is 3.70. The lowest BCUT2D eigenvalue weighted by Crippen LogP contribution is -2.47. The first-order valence-electron chi connectivity index (χ1n) is 11.5. The van der Waals surface area contributed by atoms with Crippen LogP contribution in [0.2, 0.25) is 0 Å². The second-order valence-corrected chi connectivity index (χ2v) is 8.77. The van der Waals surface area contributed by atoms with Crippen LogP contribution in [0.3, 0.4) is 0 Å². The summed E-state index contributed by atoms with van der Waals surface area (Å²) in [6, 6.07) is 19.9. The molecule has 0 saturated carbocycles. The Kier molecular flexibility index (Phi) is 6.07. The van der Waals surface area contributed by atoms with Crippen LogP contribution in [0.15, 0.2) is 60.8 Å². The van der Waals surface area contributed by atoms with Crippen molar-refractivity contribution >= 4 is 33.3 Å². The highest BCUT2D eigenvalue weighted by Gasteiger charge is 2.20. The van der Waals surface area contributed by atoms with Gasteiger partial charge in [-0.3, -0.25) is 4.79 Å². The van der Waals surface area contributed by atoms with Gasteiger partial charge in [0.05, 0.1) is 29.0 Å². The van der Waals surface area contributed by atoms with Crippen LogP contribution in [-0.4, -0.2) is 65.7 Å². The summed E-state index contributed by atoms with van der Waals surface area (Å²) in [4.78, 5) is 17.1. The van der Waals surface area contributed by atoms with E-state index in [9.17, 15) is 10.1 Å². The molecular weight excluding hydrogens is 424 g/mol. The van der Waals surface area contributed by atoms with Gasteiger partial charge in [-0.25, -0.2) is 0 Å². The average molecular weight is 451 g/mol. The molecule has 5 rings (SSSR count). The van der Waals surface area contributed by atoms with Crippen LogP contribution in [0.25, 0.3) is 21.7 Å². The summed E-state index contributed by atoms with van der Waals surface area (Å²) < 4.78 is 0. The highest BCUT2D eigenvalue weighted by atomic mass is 16.2. The number of piperazine rings is 1. The molecule has 0 radical (unpaired) electrons. The van der Waals surface area contributed by atoms with E-state index < -0.39 is 0 Å². The molecule has 1 aliphatic heterocycles. The molecule has 2 heterocycles. The first-order chi connectivity index (χ1) is 16.6. The van der Waals surface area contributed by atoms with Crippen molar-refractivity contribution < 1.29 is 4.79 Å². The van der Waals surface area contributed by atoms with Crippen LogP contribution in [-0.2, 0) is 6.42 Å². The molecule has 1 amide bonds. The third-order valence-corrected chi connectivity index (χ3v) is 6.44. The summed E-state index contributed by atoms with van der Waals surface area (Å²) in [5.74, 6) is 0.112. The Hall–Kier alpha value is -4.02. The molecule has 0 aliphatic carbocycles. The molecular formula is C27H26N6O. The second kappa shape index (κ2) is 9.46. The van der Waals surface area contributed by atoms with Crippen LogP contribution in [0.4, 0.5) is 5.69 Å². The minimum atomic E-state index is 0.112. The van der Waals surface area contributed by atoms with Gasteiger partial charge in [0.2, 0.25) is 0 Å². The number of likely N-dealkylation sites (N-methyl/N-ethyl adjacent to an activating group) is 1. The Labute approximate surface area is 198 Å². The second-order valence-electron chi connectivity index (χ2n) is 8.77. The van der Waals surface area contributed by atoms with E-state index in [2.05, 4.69) is 51.7 Å². The normalized spacial score (nSPS) is 14.3. The largest absolute Gasteiger partial charge is 0.383 e. The quantitative estimate of drug-likeness (QED) is 0.499. The number of hydrogen-bond donors (Lipinski definition) is 1. The van der Waals surface area contributed by atoms with Crippen LogP contribution in [0, 0.1) is 11.3 Å². The van der Waals surface area contributed by atoms with E-state index in [1.165, 1.54) is 5.56 Å². The monoisotopic (exact) mass is 450 g/mol. The SMILES string of the molecule is CN1CCN(C(=O)c2ccc3cc(CCNc4cnnc5ccc(C#N)cc45)ccc3c2)CC1. The molecule has 7 nitrogen and oxygen atoms in total. The van der Waals surface area contributed by atoms with Crippen LogP contribution in [0.1, 0.15) is 21.5 Å². The van der Waals surface area contributed by atoms with Gasteiger partial charge in [-0.1, -0.05) is 24.3 Å². The lowest BCUT2D eigenvalue weighted by atomic mass is 10.0. The van der Waals surface area contributed by atoms with Gasteiger partial charge in [-0.05, 0) is 60.1 Å². The number of nitriles is 1. The van der Waals surface area contributed by atoms with Crippen molar-refractivity contribution in [3.05, 3.63) is 77.5 Å². The summed E-state index contributed by atoms with van der Waals surface area (Å²) in [7, 11) is 2.09. The zero-order valence-electron chi connectivity index (χ0n) is 19.2. The van der Waals surface area contributed by atoms with Crippen molar-refractivity contribution in [2.24, 2.45) is 0 Å². The molecule has 0 unspecified atom stereocenters. The predicted molar refractivity (Wildman–Crippen MR) is 134 cm³/mol. The maximum absolute atomic E-state index is 12.9. The molecule has 0 bridgehead atoms. The van der Waals surface area contributed by atoms with E-state index in [0.29, 0.717) is 5.56 Å². The summed E-state index contributed by atoms with van der Waals surface area (Å²) in [5, 5.41) is 23.9. The van der Waals surface area contributed by atoms with Crippen LogP contribution < -0.4 is 5.32 Å². The van der Waals surface area contributed by atoms with Crippen molar-refractivity contribution in [3.63, 3.8) is 0 Å². The number of fused-ring (bicyclic) bond motifs is 2. The van der Waals surface area contributed by atoms with E-state index in [4.69, 9.17) is 0 Å². The number of rotatable bonds is 5. The Morgan fingerprint density at radius 1 is 1.03 bits per heavy atom. The first-order valence-corrected chi connectivity index (χ1v) is 11.5. The number of amides is 1. The first kappa shape index (κ1) is 21.8. The van der Waals surface area contributed by atoms with E-state index in [1.54, 1.807) is 12.3 Å². The topological polar surface area (TPSA) is 85.2 Å². The number of carbonyl (C=O) groups excluding carboxylic acids is 1. The van der Waals surface area contributed by atoms with Crippen molar-refractivity contribution in [3.8, 4) is 6.07 Å². The van der Waals surface area contributed by atoms with Crippen molar-refractivity contribution in [2.75, 3.05) is 45.1 Å². The molecule has 1 aromatic heterocycles. The molecule has 34 heavy (non-hydrogen) atoms. The average Bonchev–Trinajstić information content (AvgIpc) is 2.88. The van der Waals surface area contributed by atoms with Gasteiger partial charge in [0.15, 0.2) is 0 Å². The fraction of sp³-hybridized carbons (Fsp3) is 0.259. The van der Waals surface area contributed by atoms with Gasteiger partial charge in [-0.2, -0.15) is 15.5 Å². The lowest BCUT2D eigenvalue weighted by molar-refractivity contribution is 0.0664. The molecule has 0 atom stereocenters. The third-order valence-electron chi connectivity index (χ3n) is 6.44. The Morgan fingerprint density at radius 2 is 1.82 bits per heavy atom. The van der Waals surface area contributed by atoms with E-state index in [-0.39, 0.29) is 5.91 Å². The number of carbonyl (C=O) groups is 1. The molecule has 0 spiro atoms. The molecule has 1 fully saturated rings. The smallest absolute Gasteiger partial charge is 0.253 e. The van der Waals surface area contributed by atoms with E-state index in [1.807, 2.05) is 35.2 Å². The highest BCUT2D eigenvalue weighted by molar-refractivity contribution is 5.98. The van der Waals surface area contributed by atoms with Gasteiger partial charge >= 0.3 is 0 Å². The number of benzene rings is 3. The van der Waals surface area contributed by atoms with Crippen LogP contribution in [0.5, 0.6) is 0 Å². The number of nitrogens with zero attached hydrogens (tertiary/aromatic N) is 5. The molecule has 1 N–H and O–H groups in total. The van der Waals surface area contributed by atoms with Crippen molar-refractivity contribution in [1.29, 1.82) is 5.26 Å². The van der Waals surface area contributed by atoms with Gasteiger partial charge in [-0.15, -0.1) is 0 Å². The fourth-order valence-corrected chi connectivity index (χ4v) is 4.39. The number of nitrogens with one attached hydrogen (secondary N) is 1. The number of aromatic nitrogens is 2.